The zero-order chi connectivity index (χ0) is 13.3. The number of amides is 1. The van der Waals surface area contributed by atoms with Crippen LogP contribution in [0, 0.1) is 5.92 Å². The summed E-state index contributed by atoms with van der Waals surface area (Å²) in [4.78, 5) is 25.0. The minimum atomic E-state index is -0.829. The number of aliphatic carboxylic acids is 1. The standard InChI is InChI=1S/C12H17N3O3/c1-8-10(12(17)18)4-7-14(8)11(16)9(2)15-6-3-5-13-15/h3,5-6,8-10H,4,7H2,1-2H3,(H,17,18). The van der Waals surface area contributed by atoms with E-state index in [0.717, 1.165) is 0 Å². The number of carboxylic acid groups (broad SMARTS) is 1. The number of hydrogen-bond acceptors (Lipinski definition) is 3. The number of nitrogens with zero attached hydrogens (tertiary/aromatic N) is 3. The first kappa shape index (κ1) is 12.6. The first-order chi connectivity index (χ1) is 8.52. The molecule has 1 aliphatic rings. The second kappa shape index (κ2) is 4.80. The van der Waals surface area contributed by atoms with Gasteiger partial charge in [-0.1, -0.05) is 0 Å². The van der Waals surface area contributed by atoms with E-state index in [-0.39, 0.29) is 11.9 Å². The molecular formula is C12H17N3O3. The molecule has 6 nitrogen and oxygen atoms in total. The Labute approximate surface area is 105 Å². The van der Waals surface area contributed by atoms with Crippen LogP contribution in [0.2, 0.25) is 0 Å². The van der Waals surface area contributed by atoms with E-state index in [2.05, 4.69) is 5.10 Å². The Balaban J connectivity index is 2.09. The third-order valence-corrected chi connectivity index (χ3v) is 3.63. The van der Waals surface area contributed by atoms with Crippen molar-refractivity contribution < 1.29 is 14.7 Å². The summed E-state index contributed by atoms with van der Waals surface area (Å²) in [5, 5.41) is 13.1. The lowest BCUT2D eigenvalue weighted by Gasteiger charge is -2.26. The fraction of sp³-hybridized carbons (Fsp3) is 0.583. The lowest BCUT2D eigenvalue weighted by Crippen LogP contribution is -2.41. The maximum absolute atomic E-state index is 12.3. The smallest absolute Gasteiger partial charge is 0.308 e. The predicted molar refractivity (Wildman–Crippen MR) is 63.9 cm³/mol. The number of carbonyl (C=O) groups excluding carboxylic acids is 1. The molecule has 1 fully saturated rings. The van der Waals surface area contributed by atoms with Crippen LogP contribution in [0.15, 0.2) is 18.5 Å². The van der Waals surface area contributed by atoms with Gasteiger partial charge in [-0.25, -0.2) is 0 Å². The largest absolute Gasteiger partial charge is 0.481 e. The van der Waals surface area contributed by atoms with Crippen LogP contribution < -0.4 is 0 Å². The maximum Gasteiger partial charge on any atom is 0.308 e. The molecule has 2 heterocycles. The van der Waals surface area contributed by atoms with Crippen molar-refractivity contribution in [1.82, 2.24) is 14.7 Å². The summed E-state index contributed by atoms with van der Waals surface area (Å²) < 4.78 is 1.59. The van der Waals surface area contributed by atoms with Gasteiger partial charge in [-0.05, 0) is 26.3 Å². The van der Waals surface area contributed by atoms with Gasteiger partial charge in [0.1, 0.15) is 6.04 Å². The number of hydrogen-bond donors (Lipinski definition) is 1. The van der Waals surface area contributed by atoms with Gasteiger partial charge >= 0.3 is 5.97 Å². The molecular weight excluding hydrogens is 234 g/mol. The van der Waals surface area contributed by atoms with Crippen molar-refractivity contribution in [1.29, 1.82) is 0 Å². The Morgan fingerprint density at radius 1 is 1.50 bits per heavy atom. The SMILES string of the molecule is CC1C(C(=O)O)CCN1C(=O)C(C)n1cccn1. The average molecular weight is 251 g/mol. The Kier molecular flexibility index (Phi) is 3.36. The highest BCUT2D eigenvalue weighted by Gasteiger charge is 2.39. The Morgan fingerprint density at radius 3 is 2.72 bits per heavy atom. The van der Waals surface area contributed by atoms with Crippen molar-refractivity contribution in [3.63, 3.8) is 0 Å². The first-order valence-electron chi connectivity index (χ1n) is 6.04. The van der Waals surface area contributed by atoms with E-state index in [0.29, 0.717) is 13.0 Å². The summed E-state index contributed by atoms with van der Waals surface area (Å²) in [6.07, 6.45) is 3.88. The predicted octanol–water partition coefficient (Wildman–Crippen LogP) is 0.766. The summed E-state index contributed by atoms with van der Waals surface area (Å²) in [5.41, 5.74) is 0. The van der Waals surface area contributed by atoms with E-state index in [1.165, 1.54) is 0 Å². The molecule has 1 amide bonds. The highest BCUT2D eigenvalue weighted by atomic mass is 16.4. The van der Waals surface area contributed by atoms with E-state index in [1.54, 1.807) is 41.9 Å². The number of rotatable bonds is 3. The van der Waals surface area contributed by atoms with Gasteiger partial charge < -0.3 is 10.0 Å². The highest BCUT2D eigenvalue weighted by Crippen LogP contribution is 2.26. The summed E-state index contributed by atoms with van der Waals surface area (Å²) >= 11 is 0. The van der Waals surface area contributed by atoms with Gasteiger partial charge in [-0.2, -0.15) is 5.10 Å². The molecule has 3 atom stereocenters. The van der Waals surface area contributed by atoms with E-state index in [1.807, 2.05) is 0 Å². The zero-order valence-corrected chi connectivity index (χ0v) is 10.5. The van der Waals surface area contributed by atoms with Gasteiger partial charge in [-0.15, -0.1) is 0 Å². The first-order valence-corrected chi connectivity index (χ1v) is 6.04. The van der Waals surface area contributed by atoms with Crippen molar-refractivity contribution >= 4 is 11.9 Å². The number of aromatic nitrogens is 2. The van der Waals surface area contributed by atoms with Crippen molar-refractivity contribution in [3.8, 4) is 0 Å². The molecule has 0 saturated carbocycles. The van der Waals surface area contributed by atoms with Crippen molar-refractivity contribution in [3.05, 3.63) is 18.5 Å². The molecule has 1 aliphatic heterocycles. The molecule has 0 radical (unpaired) electrons. The maximum atomic E-state index is 12.3. The quantitative estimate of drug-likeness (QED) is 0.860. The van der Waals surface area contributed by atoms with Gasteiger partial charge in [0.05, 0.1) is 5.92 Å². The van der Waals surface area contributed by atoms with Gasteiger partial charge in [0.2, 0.25) is 5.91 Å². The normalized spacial score (nSPS) is 25.1. The molecule has 1 aromatic heterocycles. The van der Waals surface area contributed by atoms with Crippen LogP contribution in [-0.4, -0.2) is 44.3 Å². The molecule has 0 bridgehead atoms. The molecule has 2 rings (SSSR count). The Hall–Kier alpha value is -1.85. The zero-order valence-electron chi connectivity index (χ0n) is 10.5. The molecule has 0 spiro atoms. The summed E-state index contributed by atoms with van der Waals surface area (Å²) in [5.74, 6) is -1.36. The molecule has 1 saturated heterocycles. The number of carbonyl (C=O) groups is 2. The Morgan fingerprint density at radius 2 is 2.22 bits per heavy atom. The molecule has 1 aromatic rings. The molecule has 3 unspecified atom stereocenters. The monoisotopic (exact) mass is 251 g/mol. The highest BCUT2D eigenvalue weighted by molar-refractivity contribution is 5.82. The van der Waals surface area contributed by atoms with E-state index < -0.39 is 17.9 Å². The minimum absolute atomic E-state index is 0.0741. The van der Waals surface area contributed by atoms with E-state index in [4.69, 9.17) is 5.11 Å². The minimum Gasteiger partial charge on any atom is -0.481 e. The van der Waals surface area contributed by atoms with E-state index in [9.17, 15) is 9.59 Å². The fourth-order valence-corrected chi connectivity index (χ4v) is 2.44. The van der Waals surface area contributed by atoms with Crippen LogP contribution in [0.3, 0.4) is 0 Å². The van der Waals surface area contributed by atoms with Gasteiger partial charge in [0.15, 0.2) is 0 Å². The average Bonchev–Trinajstić information content (AvgIpc) is 2.95. The second-order valence-corrected chi connectivity index (χ2v) is 4.67. The molecule has 6 heteroatoms. The van der Waals surface area contributed by atoms with Crippen LogP contribution in [0.1, 0.15) is 26.3 Å². The summed E-state index contributed by atoms with van der Waals surface area (Å²) in [6.45, 7) is 4.07. The molecule has 1 N–H and O–H groups in total. The number of carboxylic acids is 1. The lowest BCUT2D eigenvalue weighted by atomic mass is 10.0. The second-order valence-electron chi connectivity index (χ2n) is 4.67. The summed E-state index contributed by atoms with van der Waals surface area (Å²) in [6, 6.07) is 1.11. The van der Waals surface area contributed by atoms with Crippen molar-refractivity contribution in [2.24, 2.45) is 5.92 Å². The third-order valence-electron chi connectivity index (χ3n) is 3.63. The van der Waals surface area contributed by atoms with Crippen LogP contribution in [0.4, 0.5) is 0 Å². The topological polar surface area (TPSA) is 75.4 Å². The molecule has 0 aromatic carbocycles. The molecule has 0 aliphatic carbocycles. The fourth-order valence-electron chi connectivity index (χ4n) is 2.44. The van der Waals surface area contributed by atoms with Crippen LogP contribution >= 0.6 is 0 Å². The Bertz CT molecular complexity index is 443. The van der Waals surface area contributed by atoms with Crippen molar-refractivity contribution in [2.45, 2.75) is 32.4 Å². The molecule has 18 heavy (non-hydrogen) atoms. The van der Waals surface area contributed by atoms with Crippen LogP contribution in [0.5, 0.6) is 0 Å². The van der Waals surface area contributed by atoms with Gasteiger partial charge in [-0.3, -0.25) is 14.3 Å². The lowest BCUT2D eigenvalue weighted by molar-refractivity contribution is -0.143. The van der Waals surface area contributed by atoms with Crippen LogP contribution in [-0.2, 0) is 9.59 Å². The van der Waals surface area contributed by atoms with E-state index >= 15 is 0 Å². The summed E-state index contributed by atoms with van der Waals surface area (Å²) in [7, 11) is 0. The molecule has 98 valence electrons. The van der Waals surface area contributed by atoms with Crippen LogP contribution in [0.25, 0.3) is 0 Å². The van der Waals surface area contributed by atoms with Gasteiger partial charge in [0.25, 0.3) is 0 Å². The van der Waals surface area contributed by atoms with Crippen molar-refractivity contribution in [2.75, 3.05) is 6.54 Å². The number of likely N-dealkylation sites (tertiary alicyclic amines) is 1. The van der Waals surface area contributed by atoms with Gasteiger partial charge in [0, 0.05) is 25.0 Å². The third kappa shape index (κ3) is 2.10.